The van der Waals surface area contributed by atoms with Crippen molar-refractivity contribution in [2.24, 2.45) is 0 Å². The minimum atomic E-state index is -0.784. The Hall–Kier alpha value is -0.830. The summed E-state index contributed by atoms with van der Waals surface area (Å²) in [5.74, 6) is -0.784. The van der Waals surface area contributed by atoms with Crippen LogP contribution in [0.5, 0.6) is 0 Å². The molecule has 0 saturated heterocycles. The first-order chi connectivity index (χ1) is 4.70. The van der Waals surface area contributed by atoms with E-state index in [0.29, 0.717) is 24.6 Å². The highest BCUT2D eigenvalue weighted by molar-refractivity contribution is 5.86. The van der Waals surface area contributed by atoms with Crippen LogP contribution in [0.1, 0.15) is 13.3 Å². The molecule has 1 aliphatic heterocycles. The minimum Gasteiger partial charge on any atom is -0.478 e. The maximum atomic E-state index is 10.4. The van der Waals surface area contributed by atoms with E-state index in [4.69, 9.17) is 5.11 Å². The number of hydrogen-bond acceptors (Lipinski definition) is 2. The number of aliphatic carboxylic acids is 1. The smallest absolute Gasteiger partial charge is 0.331 e. The zero-order chi connectivity index (χ0) is 7.56. The van der Waals surface area contributed by atoms with E-state index in [9.17, 15) is 4.79 Å². The van der Waals surface area contributed by atoms with Gasteiger partial charge in [0.2, 0.25) is 0 Å². The van der Waals surface area contributed by atoms with E-state index in [1.807, 2.05) is 6.92 Å². The minimum absolute atomic E-state index is 0.302. The van der Waals surface area contributed by atoms with Crippen molar-refractivity contribution in [2.75, 3.05) is 6.54 Å². The van der Waals surface area contributed by atoms with Gasteiger partial charge in [-0.15, -0.1) is 0 Å². The molecule has 1 aliphatic rings. The van der Waals surface area contributed by atoms with Gasteiger partial charge in [0, 0.05) is 18.2 Å². The highest BCUT2D eigenvalue weighted by atomic mass is 16.4. The molecule has 0 saturated carbocycles. The van der Waals surface area contributed by atoms with Crippen molar-refractivity contribution in [3.63, 3.8) is 0 Å². The molecule has 1 heterocycles. The summed E-state index contributed by atoms with van der Waals surface area (Å²) in [5.41, 5.74) is 0.534. The van der Waals surface area contributed by atoms with E-state index in [1.165, 1.54) is 0 Å². The van der Waals surface area contributed by atoms with Crippen molar-refractivity contribution < 1.29 is 9.90 Å². The summed E-state index contributed by atoms with van der Waals surface area (Å²) in [4.78, 5) is 10.4. The molecule has 56 valence electrons. The van der Waals surface area contributed by atoms with Gasteiger partial charge in [-0.1, -0.05) is 6.08 Å². The number of carboxylic acids is 1. The van der Waals surface area contributed by atoms with Crippen molar-refractivity contribution in [3.8, 4) is 0 Å². The first-order valence-electron chi connectivity index (χ1n) is 3.36. The molecule has 2 N–H and O–H groups in total. The summed E-state index contributed by atoms with van der Waals surface area (Å²) in [6.07, 6.45) is 2.36. The van der Waals surface area contributed by atoms with Gasteiger partial charge in [-0.3, -0.25) is 0 Å². The second-order valence-electron chi connectivity index (χ2n) is 2.55. The zero-order valence-electron chi connectivity index (χ0n) is 5.92. The van der Waals surface area contributed by atoms with E-state index >= 15 is 0 Å². The number of carboxylic acid groups (broad SMARTS) is 1. The van der Waals surface area contributed by atoms with Crippen molar-refractivity contribution in [1.82, 2.24) is 5.32 Å². The Morgan fingerprint density at radius 3 is 3.00 bits per heavy atom. The van der Waals surface area contributed by atoms with Crippen LogP contribution in [0.25, 0.3) is 0 Å². The maximum Gasteiger partial charge on any atom is 0.331 e. The van der Waals surface area contributed by atoms with E-state index in [2.05, 4.69) is 5.32 Å². The lowest BCUT2D eigenvalue weighted by atomic mass is 10.0. The molecule has 1 rings (SSSR count). The quantitative estimate of drug-likeness (QED) is 0.555. The molecule has 0 radical (unpaired) electrons. The van der Waals surface area contributed by atoms with Crippen LogP contribution in [-0.4, -0.2) is 23.7 Å². The number of carbonyl (C=O) groups is 1. The third-order valence-corrected chi connectivity index (χ3v) is 1.62. The van der Waals surface area contributed by atoms with Crippen LogP contribution in [0.3, 0.4) is 0 Å². The van der Waals surface area contributed by atoms with Crippen molar-refractivity contribution >= 4 is 5.97 Å². The average Bonchev–Trinajstić information content (AvgIpc) is 1.88. The Bertz CT molecular complexity index is 174. The van der Waals surface area contributed by atoms with Gasteiger partial charge in [-0.05, 0) is 13.3 Å². The van der Waals surface area contributed by atoms with Gasteiger partial charge in [0.15, 0.2) is 0 Å². The van der Waals surface area contributed by atoms with E-state index in [0.717, 1.165) is 0 Å². The van der Waals surface area contributed by atoms with Gasteiger partial charge < -0.3 is 10.4 Å². The van der Waals surface area contributed by atoms with Crippen LogP contribution < -0.4 is 5.32 Å². The number of hydrogen-bond donors (Lipinski definition) is 2. The van der Waals surface area contributed by atoms with Crippen molar-refractivity contribution in [3.05, 3.63) is 11.6 Å². The lowest BCUT2D eigenvalue weighted by Crippen LogP contribution is -2.31. The maximum absolute atomic E-state index is 10.4. The molecule has 3 nitrogen and oxygen atoms in total. The second kappa shape index (κ2) is 2.84. The molecule has 0 fully saturated rings. The van der Waals surface area contributed by atoms with Gasteiger partial charge >= 0.3 is 5.97 Å². The van der Waals surface area contributed by atoms with E-state index in [-0.39, 0.29) is 0 Å². The van der Waals surface area contributed by atoms with Crippen LogP contribution in [-0.2, 0) is 4.79 Å². The first-order valence-corrected chi connectivity index (χ1v) is 3.36. The molecule has 0 amide bonds. The fourth-order valence-electron chi connectivity index (χ4n) is 1.04. The zero-order valence-corrected chi connectivity index (χ0v) is 5.92. The second-order valence-corrected chi connectivity index (χ2v) is 2.55. The summed E-state index contributed by atoms with van der Waals surface area (Å²) in [6.45, 7) is 2.67. The molecular weight excluding hydrogens is 130 g/mol. The summed E-state index contributed by atoms with van der Waals surface area (Å²) in [6, 6.07) is 0.302. The molecule has 0 aliphatic carbocycles. The van der Waals surface area contributed by atoms with Crippen LogP contribution in [0.2, 0.25) is 0 Å². The summed E-state index contributed by atoms with van der Waals surface area (Å²) < 4.78 is 0. The summed E-state index contributed by atoms with van der Waals surface area (Å²) in [7, 11) is 0. The van der Waals surface area contributed by atoms with E-state index in [1.54, 1.807) is 6.08 Å². The van der Waals surface area contributed by atoms with Gasteiger partial charge in [0.25, 0.3) is 0 Å². The molecule has 10 heavy (non-hydrogen) atoms. The standard InChI is InChI=1S/C7H11NO2/c1-5-4-6(7(9)10)2-3-8-5/h2,5,8H,3-4H2,1H3,(H,9,10)/t5-/m0/s1. The third-order valence-electron chi connectivity index (χ3n) is 1.62. The Balaban J connectivity index is 2.60. The predicted molar refractivity (Wildman–Crippen MR) is 37.8 cm³/mol. The number of rotatable bonds is 1. The van der Waals surface area contributed by atoms with Gasteiger partial charge in [-0.2, -0.15) is 0 Å². The summed E-state index contributed by atoms with van der Waals surface area (Å²) >= 11 is 0. The van der Waals surface area contributed by atoms with Crippen LogP contribution in [0.4, 0.5) is 0 Å². The fourth-order valence-corrected chi connectivity index (χ4v) is 1.04. The largest absolute Gasteiger partial charge is 0.478 e. The van der Waals surface area contributed by atoms with Gasteiger partial charge in [0.05, 0.1) is 0 Å². The number of nitrogens with one attached hydrogen (secondary N) is 1. The van der Waals surface area contributed by atoms with E-state index < -0.39 is 5.97 Å². The topological polar surface area (TPSA) is 49.3 Å². The predicted octanol–water partition coefficient (Wildman–Crippen LogP) is 0.379. The molecule has 0 aromatic heterocycles. The molecule has 0 aromatic rings. The lowest BCUT2D eigenvalue weighted by Gasteiger charge is -2.17. The normalized spacial score (nSPS) is 25.7. The Labute approximate surface area is 59.7 Å². The lowest BCUT2D eigenvalue weighted by molar-refractivity contribution is -0.132. The fraction of sp³-hybridized carbons (Fsp3) is 0.571. The molecule has 0 spiro atoms. The monoisotopic (exact) mass is 141 g/mol. The van der Waals surface area contributed by atoms with Crippen LogP contribution >= 0.6 is 0 Å². The molecule has 0 aromatic carbocycles. The van der Waals surface area contributed by atoms with Crippen LogP contribution in [0.15, 0.2) is 11.6 Å². The Kier molecular flexibility index (Phi) is 2.06. The first kappa shape index (κ1) is 7.28. The van der Waals surface area contributed by atoms with Crippen molar-refractivity contribution in [1.29, 1.82) is 0 Å². The molecule has 1 atom stereocenters. The van der Waals surface area contributed by atoms with Gasteiger partial charge in [-0.25, -0.2) is 4.79 Å². The third kappa shape index (κ3) is 1.57. The molecule has 3 heteroatoms. The van der Waals surface area contributed by atoms with Crippen molar-refractivity contribution in [2.45, 2.75) is 19.4 Å². The van der Waals surface area contributed by atoms with Gasteiger partial charge in [0.1, 0.15) is 0 Å². The Morgan fingerprint density at radius 2 is 2.60 bits per heavy atom. The van der Waals surface area contributed by atoms with Crippen LogP contribution in [0, 0.1) is 0 Å². The SMILES string of the molecule is C[C@H]1CC(C(=O)O)=CCN1. The highest BCUT2D eigenvalue weighted by Crippen LogP contribution is 2.08. The molecule has 0 unspecified atom stereocenters. The average molecular weight is 141 g/mol. The highest BCUT2D eigenvalue weighted by Gasteiger charge is 2.14. The Morgan fingerprint density at radius 1 is 1.90 bits per heavy atom. The molecular formula is C7H11NO2. The molecule has 0 bridgehead atoms. The summed E-state index contributed by atoms with van der Waals surface area (Å²) in [5, 5.41) is 11.7.